The molecule has 1 fully saturated rings. The molecule has 0 radical (unpaired) electrons. The summed E-state index contributed by atoms with van der Waals surface area (Å²) in [5.41, 5.74) is 4.24. The minimum atomic E-state index is -0.0391. The van der Waals surface area contributed by atoms with Gasteiger partial charge in [0.2, 0.25) is 0 Å². The Morgan fingerprint density at radius 2 is 1.89 bits per heavy atom. The minimum absolute atomic E-state index is 0.0391. The molecule has 1 saturated heterocycles. The number of nitrogens with one attached hydrogen (secondary N) is 1. The Kier molecular flexibility index (Phi) is 5.36. The maximum Gasteiger partial charge on any atom is 0.259 e. The van der Waals surface area contributed by atoms with Crippen LogP contribution in [0.25, 0.3) is 0 Å². The highest BCUT2D eigenvalue weighted by molar-refractivity contribution is 6.05. The van der Waals surface area contributed by atoms with Crippen molar-refractivity contribution in [2.24, 2.45) is 0 Å². The van der Waals surface area contributed by atoms with Crippen LogP contribution in [-0.2, 0) is 17.6 Å². The number of aromatic nitrogens is 1. The molecule has 0 saturated carbocycles. The number of morpholine rings is 1. The number of amides is 1. The summed E-state index contributed by atoms with van der Waals surface area (Å²) < 4.78 is 5.38. The molecule has 27 heavy (non-hydrogen) atoms. The van der Waals surface area contributed by atoms with E-state index >= 15 is 0 Å². The summed E-state index contributed by atoms with van der Waals surface area (Å²) in [7, 11) is 1.83. The lowest BCUT2D eigenvalue weighted by Gasteiger charge is -2.27. The fourth-order valence-corrected chi connectivity index (χ4v) is 3.67. The zero-order valence-corrected chi connectivity index (χ0v) is 15.8. The number of hydrogen-bond donors (Lipinski definition) is 1. The maximum absolute atomic E-state index is 12.9. The minimum Gasteiger partial charge on any atom is -0.378 e. The molecule has 142 valence electrons. The number of benzene rings is 1. The molecular weight excluding hydrogens is 340 g/mol. The van der Waals surface area contributed by atoms with Gasteiger partial charge >= 0.3 is 0 Å². The second kappa shape index (κ2) is 8.06. The summed E-state index contributed by atoms with van der Waals surface area (Å²) in [5, 5.41) is 3.42. The van der Waals surface area contributed by atoms with E-state index in [9.17, 15) is 4.79 Å². The van der Waals surface area contributed by atoms with E-state index < -0.39 is 0 Å². The van der Waals surface area contributed by atoms with Crippen molar-refractivity contribution in [3.05, 3.63) is 53.2 Å². The highest BCUT2D eigenvalue weighted by atomic mass is 16.5. The van der Waals surface area contributed by atoms with Gasteiger partial charge in [-0.25, -0.2) is 4.98 Å². The van der Waals surface area contributed by atoms with Crippen molar-refractivity contribution in [3.8, 4) is 0 Å². The lowest BCUT2D eigenvalue weighted by molar-refractivity contribution is 0.0992. The summed E-state index contributed by atoms with van der Waals surface area (Å²) in [5.74, 6) is 0.859. The van der Waals surface area contributed by atoms with Gasteiger partial charge in [0.15, 0.2) is 0 Å². The number of pyridine rings is 1. The standard InChI is InChI=1S/C21H26N4O2/c1-24(19-4-2-16-6-8-22-9-7-17(16)14-19)21(26)18-3-5-20(23-15-18)25-10-12-27-13-11-25/h2-5,14-15,22H,6-13H2,1H3. The van der Waals surface area contributed by atoms with Crippen LogP contribution in [0.1, 0.15) is 21.5 Å². The van der Waals surface area contributed by atoms with Crippen LogP contribution in [-0.4, -0.2) is 57.3 Å². The zero-order chi connectivity index (χ0) is 18.6. The molecule has 3 heterocycles. The number of anilines is 2. The molecule has 4 rings (SSSR count). The fraction of sp³-hybridized carbons (Fsp3) is 0.429. The number of hydrogen-bond acceptors (Lipinski definition) is 5. The van der Waals surface area contributed by atoms with Crippen molar-refractivity contribution in [1.82, 2.24) is 10.3 Å². The van der Waals surface area contributed by atoms with Gasteiger partial charge in [-0.15, -0.1) is 0 Å². The Balaban J connectivity index is 1.49. The molecule has 1 N–H and O–H groups in total. The van der Waals surface area contributed by atoms with Crippen LogP contribution in [0.2, 0.25) is 0 Å². The number of rotatable bonds is 3. The molecule has 0 bridgehead atoms. The second-order valence-corrected chi connectivity index (χ2v) is 7.07. The van der Waals surface area contributed by atoms with E-state index in [1.807, 2.05) is 25.2 Å². The Bertz CT molecular complexity index is 800. The molecule has 1 aromatic carbocycles. The third-order valence-corrected chi connectivity index (χ3v) is 5.35. The predicted octanol–water partition coefficient (Wildman–Crippen LogP) is 1.88. The molecule has 2 aromatic rings. The fourth-order valence-electron chi connectivity index (χ4n) is 3.67. The number of carbonyl (C=O) groups excluding carboxylic acids is 1. The summed E-state index contributed by atoms with van der Waals surface area (Å²) in [6.45, 7) is 5.12. The van der Waals surface area contributed by atoms with E-state index in [1.54, 1.807) is 11.1 Å². The lowest BCUT2D eigenvalue weighted by Crippen LogP contribution is -2.36. The van der Waals surface area contributed by atoms with Crippen molar-refractivity contribution in [2.75, 3.05) is 56.2 Å². The Hall–Kier alpha value is -2.44. The summed E-state index contributed by atoms with van der Waals surface area (Å²) in [6, 6.07) is 10.1. The molecular formula is C21H26N4O2. The van der Waals surface area contributed by atoms with Crippen molar-refractivity contribution in [3.63, 3.8) is 0 Å². The first kappa shape index (κ1) is 17.9. The molecule has 0 spiro atoms. The monoisotopic (exact) mass is 366 g/mol. The van der Waals surface area contributed by atoms with Gasteiger partial charge in [0.1, 0.15) is 5.82 Å². The van der Waals surface area contributed by atoms with Crippen LogP contribution in [0, 0.1) is 0 Å². The first-order valence-corrected chi connectivity index (χ1v) is 9.62. The SMILES string of the molecule is CN(C(=O)c1ccc(N2CCOCC2)nc1)c1ccc2c(c1)CCNCC2. The second-order valence-electron chi connectivity index (χ2n) is 7.07. The van der Waals surface area contributed by atoms with Crippen LogP contribution in [0.5, 0.6) is 0 Å². The van der Waals surface area contributed by atoms with Crippen LogP contribution < -0.4 is 15.1 Å². The molecule has 6 heteroatoms. The third-order valence-electron chi connectivity index (χ3n) is 5.35. The molecule has 6 nitrogen and oxygen atoms in total. The van der Waals surface area contributed by atoms with E-state index in [0.717, 1.165) is 63.7 Å². The van der Waals surface area contributed by atoms with Crippen molar-refractivity contribution < 1.29 is 9.53 Å². The summed E-state index contributed by atoms with van der Waals surface area (Å²) in [6.07, 6.45) is 3.72. The third kappa shape index (κ3) is 3.96. The molecule has 0 aliphatic carbocycles. The quantitative estimate of drug-likeness (QED) is 0.899. The highest BCUT2D eigenvalue weighted by Gasteiger charge is 2.18. The van der Waals surface area contributed by atoms with Gasteiger partial charge in [0, 0.05) is 32.0 Å². The normalized spacial score (nSPS) is 17.1. The Morgan fingerprint density at radius 3 is 2.63 bits per heavy atom. The Labute approximate surface area is 160 Å². The van der Waals surface area contributed by atoms with E-state index in [1.165, 1.54) is 11.1 Å². The first-order chi connectivity index (χ1) is 13.2. The average Bonchev–Trinajstić information content (AvgIpc) is 2.98. The van der Waals surface area contributed by atoms with Crippen molar-refractivity contribution in [1.29, 1.82) is 0 Å². The summed E-state index contributed by atoms with van der Waals surface area (Å²) in [4.78, 5) is 21.3. The van der Waals surface area contributed by atoms with Gasteiger partial charge in [-0.3, -0.25) is 4.79 Å². The largest absolute Gasteiger partial charge is 0.378 e. The number of ether oxygens (including phenoxy) is 1. The molecule has 2 aliphatic rings. The van der Waals surface area contributed by atoms with Crippen molar-refractivity contribution >= 4 is 17.4 Å². The van der Waals surface area contributed by atoms with Gasteiger partial charge in [-0.05, 0) is 61.3 Å². The van der Waals surface area contributed by atoms with E-state index in [0.29, 0.717) is 5.56 Å². The van der Waals surface area contributed by atoms with Gasteiger partial charge in [-0.2, -0.15) is 0 Å². The molecule has 1 amide bonds. The zero-order valence-electron chi connectivity index (χ0n) is 15.8. The topological polar surface area (TPSA) is 57.7 Å². The van der Waals surface area contributed by atoms with Crippen LogP contribution in [0.15, 0.2) is 36.5 Å². The van der Waals surface area contributed by atoms with Gasteiger partial charge in [-0.1, -0.05) is 6.07 Å². The van der Waals surface area contributed by atoms with E-state index in [2.05, 4.69) is 27.3 Å². The highest BCUT2D eigenvalue weighted by Crippen LogP contribution is 2.23. The lowest BCUT2D eigenvalue weighted by atomic mass is 10.0. The Morgan fingerprint density at radius 1 is 1.11 bits per heavy atom. The van der Waals surface area contributed by atoms with E-state index in [-0.39, 0.29) is 5.91 Å². The van der Waals surface area contributed by atoms with Gasteiger partial charge < -0.3 is 19.9 Å². The maximum atomic E-state index is 12.9. The first-order valence-electron chi connectivity index (χ1n) is 9.62. The predicted molar refractivity (Wildman–Crippen MR) is 107 cm³/mol. The molecule has 1 aromatic heterocycles. The van der Waals surface area contributed by atoms with Crippen molar-refractivity contribution in [2.45, 2.75) is 12.8 Å². The van der Waals surface area contributed by atoms with Gasteiger partial charge in [0.25, 0.3) is 5.91 Å². The van der Waals surface area contributed by atoms with Crippen LogP contribution in [0.3, 0.4) is 0 Å². The molecule has 0 atom stereocenters. The average molecular weight is 366 g/mol. The summed E-state index contributed by atoms with van der Waals surface area (Å²) >= 11 is 0. The number of fused-ring (bicyclic) bond motifs is 1. The smallest absolute Gasteiger partial charge is 0.259 e. The van der Waals surface area contributed by atoms with Crippen LogP contribution in [0.4, 0.5) is 11.5 Å². The van der Waals surface area contributed by atoms with Gasteiger partial charge in [0.05, 0.1) is 18.8 Å². The molecule has 2 aliphatic heterocycles. The number of carbonyl (C=O) groups is 1. The number of nitrogens with zero attached hydrogens (tertiary/aromatic N) is 3. The molecule has 0 unspecified atom stereocenters. The van der Waals surface area contributed by atoms with Crippen LogP contribution >= 0.6 is 0 Å². The van der Waals surface area contributed by atoms with E-state index in [4.69, 9.17) is 4.74 Å².